The van der Waals surface area contributed by atoms with Gasteiger partial charge in [-0.2, -0.15) is 29.5 Å². The molecule has 0 aliphatic carbocycles. The van der Waals surface area contributed by atoms with Crippen molar-refractivity contribution in [3.63, 3.8) is 0 Å². The van der Waals surface area contributed by atoms with Gasteiger partial charge in [0.1, 0.15) is 0 Å². The fourth-order valence-corrected chi connectivity index (χ4v) is 10.1. The average molecular weight is 977 g/mol. The summed E-state index contributed by atoms with van der Waals surface area (Å²) in [5.74, 6) is 0. The Labute approximate surface area is 389 Å². The summed E-state index contributed by atoms with van der Waals surface area (Å²) >= 11 is 0. The number of rotatable bonds is 8. The molecule has 10 aromatic carbocycles. The summed E-state index contributed by atoms with van der Waals surface area (Å²) in [6, 6.07) is 79.6. The van der Waals surface area contributed by atoms with Crippen LogP contribution in [0.25, 0.3) is 77.2 Å². The molecule has 0 spiro atoms. The number of hydrogen-bond donors (Lipinski definition) is 0. The molecule has 11 rings (SSSR count). The van der Waals surface area contributed by atoms with E-state index in [0.29, 0.717) is 0 Å². The predicted octanol–water partition coefficient (Wildman–Crippen LogP) is 14.8. The van der Waals surface area contributed by atoms with Crippen LogP contribution in [-0.4, -0.2) is 9.52 Å². The summed E-state index contributed by atoms with van der Waals surface area (Å²) in [4.78, 5) is 0. The van der Waals surface area contributed by atoms with Crippen LogP contribution in [0.2, 0.25) is 0 Å². The van der Waals surface area contributed by atoms with Crippen molar-refractivity contribution in [2.24, 2.45) is 0 Å². The Bertz CT molecular complexity index is 2820. The second-order valence-electron chi connectivity index (χ2n) is 15.8. The van der Waals surface area contributed by atoms with E-state index in [0.717, 1.165) is 22.4 Å². The molecule has 62 heavy (non-hydrogen) atoms. The van der Waals surface area contributed by atoms with Crippen LogP contribution in [0.5, 0.6) is 0 Å². The molecular formula is C60H49HfSi-3. The zero-order valence-corrected chi connectivity index (χ0v) is 40.1. The molecule has 0 N–H and O–H groups in total. The van der Waals surface area contributed by atoms with Gasteiger partial charge in [0.05, 0.1) is 9.52 Å². The molecule has 0 atom stereocenters. The van der Waals surface area contributed by atoms with Gasteiger partial charge < -0.3 is 0 Å². The molecule has 0 saturated carbocycles. The summed E-state index contributed by atoms with van der Waals surface area (Å²) in [5, 5.41) is 8.15. The van der Waals surface area contributed by atoms with Crippen molar-refractivity contribution in [1.29, 1.82) is 0 Å². The van der Waals surface area contributed by atoms with Crippen LogP contribution >= 0.6 is 0 Å². The minimum Gasteiger partial charge on any atom is -0.184 e. The summed E-state index contributed by atoms with van der Waals surface area (Å²) in [6.07, 6.45) is 4.59. The minimum absolute atomic E-state index is 0. The molecule has 0 unspecified atom stereocenters. The Morgan fingerprint density at radius 1 is 0.419 bits per heavy atom. The fourth-order valence-electron chi connectivity index (χ4n) is 8.80. The summed E-state index contributed by atoms with van der Waals surface area (Å²) in [5.41, 5.74) is 16.2. The van der Waals surface area contributed by atoms with Crippen LogP contribution in [0.15, 0.2) is 212 Å². The van der Waals surface area contributed by atoms with Crippen molar-refractivity contribution in [2.75, 3.05) is 0 Å². The molecule has 1 aliphatic rings. The molecule has 10 aromatic rings. The van der Waals surface area contributed by atoms with Crippen LogP contribution < -0.4 is 10.4 Å². The Morgan fingerprint density at radius 2 is 0.855 bits per heavy atom. The maximum Gasteiger partial charge on any atom is 0.0920 e. The van der Waals surface area contributed by atoms with E-state index in [-0.39, 0.29) is 25.8 Å². The minimum atomic E-state index is 0. The van der Waals surface area contributed by atoms with Gasteiger partial charge in [-0.05, 0) is 35.1 Å². The molecule has 2 radical (unpaired) electrons. The first-order valence-corrected chi connectivity index (χ1v) is 22.7. The maximum absolute atomic E-state index is 3.31. The SMILES string of the molecule is CCCc1ccccc1-c1cccc2[cH-]c(-c3ccccc3)cc12.CCCc1ccccc1-c1cccc2[cH-]c(-c3ccccc3)cc12.[Hf].[c-]1cccc2c1[Si]c1ccccc1-2. The van der Waals surface area contributed by atoms with E-state index in [1.165, 1.54) is 112 Å². The van der Waals surface area contributed by atoms with Crippen LogP contribution in [-0.2, 0) is 38.7 Å². The molecule has 0 aromatic heterocycles. The molecule has 0 amide bonds. The van der Waals surface area contributed by atoms with E-state index in [4.69, 9.17) is 0 Å². The van der Waals surface area contributed by atoms with E-state index in [9.17, 15) is 0 Å². The Balaban J connectivity index is 0.000000132. The summed E-state index contributed by atoms with van der Waals surface area (Å²) in [7, 11) is 0.795. The topological polar surface area (TPSA) is 0 Å². The number of benzene rings is 8. The van der Waals surface area contributed by atoms with Crippen molar-refractivity contribution in [1.82, 2.24) is 0 Å². The smallest absolute Gasteiger partial charge is 0.0920 e. The first-order valence-electron chi connectivity index (χ1n) is 21.7. The van der Waals surface area contributed by atoms with Crippen molar-refractivity contribution in [3.8, 4) is 55.6 Å². The van der Waals surface area contributed by atoms with Gasteiger partial charge in [0.25, 0.3) is 0 Å². The number of fused-ring (bicyclic) bond motifs is 5. The zero-order valence-electron chi connectivity index (χ0n) is 35.5. The molecule has 300 valence electrons. The van der Waals surface area contributed by atoms with Gasteiger partial charge in [0, 0.05) is 25.8 Å². The molecule has 0 fully saturated rings. The molecule has 2 heteroatoms. The van der Waals surface area contributed by atoms with E-state index in [1.54, 1.807) is 0 Å². The van der Waals surface area contributed by atoms with Gasteiger partial charge in [-0.15, -0.1) is 74.6 Å². The fraction of sp³-hybridized carbons (Fsp3) is 0.100. The third-order valence-corrected chi connectivity index (χ3v) is 13.1. The summed E-state index contributed by atoms with van der Waals surface area (Å²) < 4.78 is 0. The normalized spacial score (nSPS) is 11.1. The van der Waals surface area contributed by atoms with E-state index >= 15 is 0 Å². The Hall–Kier alpha value is -5.93. The van der Waals surface area contributed by atoms with E-state index < -0.39 is 0 Å². The van der Waals surface area contributed by atoms with Crippen LogP contribution in [0.4, 0.5) is 0 Å². The largest absolute Gasteiger partial charge is 0.184 e. The Kier molecular flexibility index (Phi) is 14.0. The molecular weight excluding hydrogens is 927 g/mol. The first kappa shape index (κ1) is 42.7. The molecule has 0 nitrogen and oxygen atoms in total. The van der Waals surface area contributed by atoms with Gasteiger partial charge in [-0.3, -0.25) is 0 Å². The predicted molar refractivity (Wildman–Crippen MR) is 265 cm³/mol. The first-order chi connectivity index (χ1) is 30.2. The van der Waals surface area contributed by atoms with Gasteiger partial charge in [-0.25, -0.2) is 0 Å². The summed E-state index contributed by atoms with van der Waals surface area (Å²) in [6.45, 7) is 4.49. The van der Waals surface area contributed by atoms with Gasteiger partial charge in [-0.1, -0.05) is 217 Å². The quantitative estimate of drug-likeness (QED) is 0.105. The van der Waals surface area contributed by atoms with Crippen LogP contribution in [0, 0.1) is 6.07 Å². The molecule has 1 heterocycles. The zero-order chi connectivity index (χ0) is 41.4. The van der Waals surface area contributed by atoms with Crippen molar-refractivity contribution >= 4 is 41.4 Å². The number of hydrogen-bond acceptors (Lipinski definition) is 0. The van der Waals surface area contributed by atoms with Crippen molar-refractivity contribution < 1.29 is 25.8 Å². The van der Waals surface area contributed by atoms with Gasteiger partial charge >= 0.3 is 0 Å². The van der Waals surface area contributed by atoms with Gasteiger partial charge in [0.2, 0.25) is 0 Å². The van der Waals surface area contributed by atoms with Crippen molar-refractivity contribution in [2.45, 2.75) is 39.5 Å². The third kappa shape index (κ3) is 9.28. The maximum atomic E-state index is 3.31. The second kappa shape index (κ2) is 20.3. The average Bonchev–Trinajstić information content (AvgIpc) is 4.07. The van der Waals surface area contributed by atoms with Crippen molar-refractivity contribution in [3.05, 3.63) is 230 Å². The molecule has 0 bridgehead atoms. The van der Waals surface area contributed by atoms with Crippen LogP contribution in [0.3, 0.4) is 0 Å². The van der Waals surface area contributed by atoms with Crippen LogP contribution in [0.1, 0.15) is 37.8 Å². The second-order valence-corrected chi connectivity index (χ2v) is 17.1. The van der Waals surface area contributed by atoms with E-state index in [1.807, 2.05) is 6.07 Å². The monoisotopic (exact) mass is 977 g/mol. The van der Waals surface area contributed by atoms with E-state index in [2.05, 4.69) is 226 Å². The standard InChI is InChI=1S/2C24H21.C12H7Si.Hf/c2*1-2-9-19-12-6-7-14-22(19)23-15-8-13-20-16-21(17-24(20)23)18-10-4-3-5-11-18;1-3-7-11-9(5-1)10-6-2-4-8-12(10)13-11;/h2*3-8,10-17H,2,9H2,1H3;1-7H;/q3*-1;. The molecule has 0 saturated heterocycles. The van der Waals surface area contributed by atoms with Gasteiger partial charge in [0.15, 0.2) is 0 Å². The number of aryl methyl sites for hydroxylation is 2. The molecule has 1 aliphatic heterocycles. The Morgan fingerprint density at radius 3 is 1.37 bits per heavy atom. The third-order valence-electron chi connectivity index (χ3n) is 11.7.